The van der Waals surface area contributed by atoms with Crippen molar-refractivity contribution in [2.24, 2.45) is 0 Å². The highest BCUT2D eigenvalue weighted by atomic mass is 31.2. The molecule has 1 atom stereocenters. The van der Waals surface area contributed by atoms with E-state index in [1.54, 1.807) is 0 Å². The maximum Gasteiger partial charge on any atom is 0.0708 e. The van der Waals surface area contributed by atoms with Gasteiger partial charge < -0.3 is 0 Å². The zero-order valence-electron chi connectivity index (χ0n) is 10.4. The molecule has 0 aromatic heterocycles. The highest BCUT2D eigenvalue weighted by Gasteiger charge is 2.34. The van der Waals surface area contributed by atoms with E-state index in [1.807, 2.05) is 0 Å². The van der Waals surface area contributed by atoms with Gasteiger partial charge in [-0.05, 0) is 39.0 Å². The van der Waals surface area contributed by atoms with Crippen molar-refractivity contribution in [3.05, 3.63) is 0 Å². The van der Waals surface area contributed by atoms with Gasteiger partial charge in [-0.15, -0.1) is 0 Å². The molecule has 0 N–H and O–H groups in total. The molecule has 1 unspecified atom stereocenters. The average Bonchev–Trinajstić information content (AvgIpc) is 2.44. The maximum atomic E-state index is 8.36. The monoisotopic (exact) mass is 202 g/mol. The van der Waals surface area contributed by atoms with Crippen molar-refractivity contribution in [3.8, 4) is 0 Å². The summed E-state index contributed by atoms with van der Waals surface area (Å²) in [6.45, 7) is 4.57. The molecule has 1 rings (SSSR count). The van der Waals surface area contributed by atoms with Gasteiger partial charge in [0.15, 0.2) is 0 Å². The van der Waals surface area contributed by atoms with Crippen molar-refractivity contribution in [2.75, 3.05) is 24.6 Å². The van der Waals surface area contributed by atoms with Gasteiger partial charge in [-0.2, -0.15) is 0 Å². The van der Waals surface area contributed by atoms with Crippen LogP contribution in [-0.4, -0.2) is 24.6 Å². The van der Waals surface area contributed by atoms with Crippen LogP contribution in [-0.2, 0) is 0 Å². The molecular formula is C12H26P+. The normalized spacial score (nSPS) is 26.2. The fraction of sp³-hybridized carbons (Fsp3) is 1.00. The molecule has 0 bridgehead atoms. The van der Waals surface area contributed by atoms with Crippen LogP contribution < -0.4 is 0 Å². The molecule has 1 saturated heterocycles. The summed E-state index contributed by atoms with van der Waals surface area (Å²) in [4.78, 5) is 0. The van der Waals surface area contributed by atoms with Crippen LogP contribution >= 0.6 is 7.26 Å². The average molecular weight is 202 g/mol. The summed E-state index contributed by atoms with van der Waals surface area (Å²) in [6, 6.07) is 0. The minimum absolute atomic E-state index is 0.315. The smallest absolute Gasteiger partial charge is 0.0652 e. The van der Waals surface area contributed by atoms with E-state index in [1.165, 1.54) is 50.6 Å². The lowest BCUT2D eigenvalue weighted by molar-refractivity contribution is 0.726. The van der Waals surface area contributed by atoms with E-state index >= 15 is 0 Å². The highest BCUT2D eigenvalue weighted by Crippen LogP contribution is 2.61. The van der Waals surface area contributed by atoms with Crippen LogP contribution in [0.25, 0.3) is 0 Å². The molecule has 0 aliphatic carbocycles. The molecule has 13 heavy (non-hydrogen) atoms. The van der Waals surface area contributed by atoms with Crippen LogP contribution in [0.4, 0.5) is 0 Å². The minimum atomic E-state index is -0.855. The lowest BCUT2D eigenvalue weighted by Gasteiger charge is -2.24. The predicted molar refractivity (Wildman–Crippen MR) is 65.4 cm³/mol. The molecule has 78 valence electrons. The Morgan fingerprint density at radius 2 is 1.69 bits per heavy atom. The van der Waals surface area contributed by atoms with E-state index < -0.39 is 7.26 Å². The number of hydrogen-bond donors (Lipinski definition) is 0. The Morgan fingerprint density at radius 3 is 2.15 bits per heavy atom. The van der Waals surface area contributed by atoms with Crippen molar-refractivity contribution in [2.45, 2.75) is 52.4 Å². The van der Waals surface area contributed by atoms with Crippen LogP contribution in [0.1, 0.15) is 53.7 Å². The SMILES string of the molecule is [2H]C(CCC)[P+]1(CC)CCCCCC1. The molecule has 0 nitrogen and oxygen atoms in total. The van der Waals surface area contributed by atoms with E-state index in [2.05, 4.69) is 13.8 Å². The number of hydrogen-bond acceptors (Lipinski definition) is 0. The summed E-state index contributed by atoms with van der Waals surface area (Å²) in [6.07, 6.45) is 12.6. The van der Waals surface area contributed by atoms with Crippen molar-refractivity contribution in [1.29, 1.82) is 0 Å². The lowest BCUT2D eigenvalue weighted by Crippen LogP contribution is -2.08. The third kappa shape index (κ3) is 3.58. The maximum absolute atomic E-state index is 8.36. The molecule has 1 fully saturated rings. The van der Waals surface area contributed by atoms with Gasteiger partial charge in [0.2, 0.25) is 0 Å². The first-order valence-corrected chi connectivity index (χ1v) is 8.44. The van der Waals surface area contributed by atoms with Crippen molar-refractivity contribution in [1.82, 2.24) is 0 Å². The van der Waals surface area contributed by atoms with Crippen molar-refractivity contribution < 1.29 is 1.37 Å². The molecule has 1 heterocycles. The van der Waals surface area contributed by atoms with E-state index in [9.17, 15) is 0 Å². The van der Waals surface area contributed by atoms with Gasteiger partial charge >= 0.3 is 0 Å². The topological polar surface area (TPSA) is 0 Å². The first-order chi connectivity index (χ1) is 6.75. The van der Waals surface area contributed by atoms with Gasteiger partial charge in [-0.3, -0.25) is 0 Å². The Morgan fingerprint density at radius 1 is 1.08 bits per heavy atom. The van der Waals surface area contributed by atoms with Crippen LogP contribution in [0.15, 0.2) is 0 Å². The van der Waals surface area contributed by atoms with E-state index in [0.717, 1.165) is 6.42 Å². The molecule has 0 amide bonds. The molecule has 0 saturated carbocycles. The lowest BCUT2D eigenvalue weighted by atomic mass is 10.2. The Kier molecular flexibility index (Phi) is 4.61. The number of rotatable bonds is 4. The Labute approximate surface area is 86.2 Å². The quantitative estimate of drug-likeness (QED) is 0.593. The fourth-order valence-corrected chi connectivity index (χ4v) is 6.34. The predicted octanol–water partition coefficient (Wildman–Crippen LogP) is 4.40. The first-order valence-electron chi connectivity index (χ1n) is 6.61. The second-order valence-electron chi connectivity index (χ2n) is 4.37. The Balaban J connectivity index is 2.61. The third-order valence-electron chi connectivity index (χ3n) is 3.39. The Hall–Kier alpha value is 0.430. The molecule has 1 heteroatoms. The molecule has 0 aromatic rings. The zero-order valence-corrected chi connectivity index (χ0v) is 10.3. The minimum Gasteiger partial charge on any atom is -0.0652 e. The van der Waals surface area contributed by atoms with Gasteiger partial charge in [0, 0.05) is 7.26 Å². The largest absolute Gasteiger partial charge is 0.0708 e. The van der Waals surface area contributed by atoms with Gasteiger partial charge in [-0.25, -0.2) is 0 Å². The summed E-state index contributed by atoms with van der Waals surface area (Å²) in [5.74, 6) is 0. The van der Waals surface area contributed by atoms with Crippen molar-refractivity contribution >= 4 is 7.26 Å². The standard InChI is InChI=1S/C12H26P/c1-3-5-10-13(4-2)11-8-6-7-9-12-13/h3-12H2,1-2H3/q+1/i10D. The van der Waals surface area contributed by atoms with E-state index in [4.69, 9.17) is 1.37 Å². The molecular weight excluding hydrogens is 175 g/mol. The van der Waals surface area contributed by atoms with Gasteiger partial charge in [0.05, 0.1) is 26.0 Å². The van der Waals surface area contributed by atoms with Crippen LogP contribution in [0.3, 0.4) is 0 Å². The second-order valence-corrected chi connectivity index (χ2v) is 8.70. The summed E-state index contributed by atoms with van der Waals surface area (Å²) in [5, 5.41) is 0. The summed E-state index contributed by atoms with van der Waals surface area (Å²) < 4.78 is 8.36. The summed E-state index contributed by atoms with van der Waals surface area (Å²) in [7, 11) is -0.855. The first kappa shape index (κ1) is 9.97. The van der Waals surface area contributed by atoms with Crippen molar-refractivity contribution in [3.63, 3.8) is 0 Å². The zero-order chi connectivity index (χ0) is 10.4. The van der Waals surface area contributed by atoms with Crippen LogP contribution in [0, 0.1) is 0 Å². The third-order valence-corrected chi connectivity index (χ3v) is 8.10. The fourth-order valence-electron chi connectivity index (χ4n) is 2.35. The summed E-state index contributed by atoms with van der Waals surface area (Å²) >= 11 is 0. The molecule has 0 aromatic carbocycles. The van der Waals surface area contributed by atoms with Gasteiger partial charge in [0.1, 0.15) is 0 Å². The van der Waals surface area contributed by atoms with E-state index in [0.29, 0.717) is 6.14 Å². The van der Waals surface area contributed by atoms with E-state index in [-0.39, 0.29) is 0 Å². The molecule has 0 radical (unpaired) electrons. The molecule has 1 aliphatic rings. The van der Waals surface area contributed by atoms with Crippen LogP contribution in [0.2, 0.25) is 0 Å². The Bertz CT molecular complexity index is 150. The van der Waals surface area contributed by atoms with Gasteiger partial charge in [0.25, 0.3) is 0 Å². The molecule has 1 aliphatic heterocycles. The second kappa shape index (κ2) is 6.02. The summed E-state index contributed by atoms with van der Waals surface area (Å²) in [5.41, 5.74) is 0. The molecule has 0 spiro atoms. The highest BCUT2D eigenvalue weighted by molar-refractivity contribution is 7.75. The van der Waals surface area contributed by atoms with Crippen LogP contribution in [0.5, 0.6) is 0 Å². The van der Waals surface area contributed by atoms with Gasteiger partial charge in [-0.1, -0.05) is 13.3 Å².